The van der Waals surface area contributed by atoms with Gasteiger partial charge in [0.25, 0.3) is 0 Å². The molecule has 0 radical (unpaired) electrons. The Morgan fingerprint density at radius 3 is 3.20 bits per heavy atom. The molecular weight excluding hydrogens is 190 g/mol. The van der Waals surface area contributed by atoms with Gasteiger partial charge in [0.2, 0.25) is 0 Å². The lowest BCUT2D eigenvalue weighted by molar-refractivity contribution is 0.103. The number of nitrogens with one attached hydrogen (secondary N) is 1. The van der Waals surface area contributed by atoms with Gasteiger partial charge in [-0.05, 0) is 44.9 Å². The Labute approximate surface area is 90.8 Å². The lowest BCUT2D eigenvalue weighted by Crippen LogP contribution is -2.23. The Hall–Kier alpha value is -0.800. The molecule has 84 valence electrons. The van der Waals surface area contributed by atoms with Gasteiger partial charge < -0.3 is 14.5 Å². The molecule has 2 rings (SSSR count). The number of hydrogen-bond donors (Lipinski definition) is 1. The maximum absolute atomic E-state index is 5.56. The number of ether oxygens (including phenoxy) is 1. The van der Waals surface area contributed by atoms with Crippen molar-refractivity contribution in [3.63, 3.8) is 0 Å². The third kappa shape index (κ3) is 3.08. The molecule has 1 aliphatic heterocycles. The summed E-state index contributed by atoms with van der Waals surface area (Å²) in [6, 6.07) is 4.22. The first-order valence-corrected chi connectivity index (χ1v) is 5.74. The quantitative estimate of drug-likeness (QED) is 0.809. The van der Waals surface area contributed by atoms with Gasteiger partial charge >= 0.3 is 0 Å². The fraction of sp³-hybridized carbons (Fsp3) is 0.667. The maximum Gasteiger partial charge on any atom is 0.120 e. The molecule has 1 N–H and O–H groups in total. The predicted molar refractivity (Wildman–Crippen MR) is 58.7 cm³/mol. The highest BCUT2D eigenvalue weighted by molar-refractivity contribution is 5.02. The Kier molecular flexibility index (Phi) is 3.80. The van der Waals surface area contributed by atoms with E-state index in [1.54, 1.807) is 6.26 Å². The van der Waals surface area contributed by atoms with Crippen LogP contribution in [0.3, 0.4) is 0 Å². The highest BCUT2D eigenvalue weighted by atomic mass is 16.5. The van der Waals surface area contributed by atoms with Crippen molar-refractivity contribution in [2.24, 2.45) is 0 Å². The van der Waals surface area contributed by atoms with Gasteiger partial charge in [0.05, 0.1) is 18.4 Å². The molecule has 1 aromatic heterocycles. The molecule has 2 unspecified atom stereocenters. The van der Waals surface area contributed by atoms with E-state index >= 15 is 0 Å². The van der Waals surface area contributed by atoms with Gasteiger partial charge in [-0.1, -0.05) is 0 Å². The van der Waals surface area contributed by atoms with E-state index in [1.165, 1.54) is 12.8 Å². The fourth-order valence-electron chi connectivity index (χ4n) is 1.97. The Morgan fingerprint density at radius 1 is 1.60 bits per heavy atom. The van der Waals surface area contributed by atoms with E-state index < -0.39 is 0 Å². The van der Waals surface area contributed by atoms with Crippen molar-refractivity contribution < 1.29 is 9.15 Å². The van der Waals surface area contributed by atoms with Crippen LogP contribution in [0.2, 0.25) is 0 Å². The normalized spacial score (nSPS) is 23.1. The largest absolute Gasteiger partial charge is 0.468 e. The summed E-state index contributed by atoms with van der Waals surface area (Å²) in [6.07, 6.45) is 5.73. The summed E-state index contributed by atoms with van der Waals surface area (Å²) in [7, 11) is 0. The lowest BCUT2D eigenvalue weighted by atomic mass is 10.1. The average molecular weight is 209 g/mol. The zero-order chi connectivity index (χ0) is 10.5. The zero-order valence-corrected chi connectivity index (χ0v) is 9.24. The van der Waals surface area contributed by atoms with Crippen LogP contribution in [0.15, 0.2) is 22.8 Å². The first kappa shape index (κ1) is 10.7. The summed E-state index contributed by atoms with van der Waals surface area (Å²) in [5, 5.41) is 3.44. The van der Waals surface area contributed by atoms with Crippen molar-refractivity contribution in [2.75, 3.05) is 13.2 Å². The van der Waals surface area contributed by atoms with Gasteiger partial charge in [-0.2, -0.15) is 0 Å². The van der Waals surface area contributed by atoms with Crippen molar-refractivity contribution in [2.45, 2.75) is 38.3 Å². The number of furan rings is 1. The van der Waals surface area contributed by atoms with E-state index in [9.17, 15) is 0 Å². The molecule has 2 heterocycles. The fourth-order valence-corrected chi connectivity index (χ4v) is 1.97. The van der Waals surface area contributed by atoms with Crippen LogP contribution in [0.4, 0.5) is 0 Å². The van der Waals surface area contributed by atoms with Gasteiger partial charge in [-0.3, -0.25) is 0 Å². The summed E-state index contributed by atoms with van der Waals surface area (Å²) in [4.78, 5) is 0. The minimum atomic E-state index is 0.293. The third-order valence-corrected chi connectivity index (χ3v) is 2.91. The van der Waals surface area contributed by atoms with Crippen LogP contribution in [-0.2, 0) is 4.74 Å². The molecule has 0 saturated carbocycles. The van der Waals surface area contributed by atoms with Crippen LogP contribution in [0.1, 0.15) is 38.0 Å². The molecule has 1 fully saturated rings. The summed E-state index contributed by atoms with van der Waals surface area (Å²) >= 11 is 0. The average Bonchev–Trinajstić information content (AvgIpc) is 2.90. The number of rotatable bonds is 5. The Morgan fingerprint density at radius 2 is 2.53 bits per heavy atom. The van der Waals surface area contributed by atoms with Crippen molar-refractivity contribution >= 4 is 0 Å². The first-order chi connectivity index (χ1) is 7.36. The highest BCUT2D eigenvalue weighted by Crippen LogP contribution is 2.16. The van der Waals surface area contributed by atoms with Crippen LogP contribution in [0.25, 0.3) is 0 Å². The molecule has 0 amide bonds. The molecule has 0 spiro atoms. The van der Waals surface area contributed by atoms with E-state index in [2.05, 4.69) is 12.2 Å². The summed E-state index contributed by atoms with van der Waals surface area (Å²) in [5.41, 5.74) is 0. The van der Waals surface area contributed by atoms with Crippen LogP contribution in [-0.4, -0.2) is 19.3 Å². The second-order valence-corrected chi connectivity index (χ2v) is 4.11. The van der Waals surface area contributed by atoms with Crippen molar-refractivity contribution in [3.8, 4) is 0 Å². The number of hydrogen-bond acceptors (Lipinski definition) is 3. The molecule has 1 aromatic rings. The monoisotopic (exact) mass is 209 g/mol. The molecule has 1 saturated heterocycles. The van der Waals surface area contributed by atoms with Crippen LogP contribution >= 0.6 is 0 Å². The standard InChI is InChI=1S/C12H19NO2/c1-10(12-5-3-9-15-12)13-7-6-11-4-2-8-14-11/h3,5,9-11,13H,2,4,6-8H2,1H3. The van der Waals surface area contributed by atoms with E-state index in [1.807, 2.05) is 12.1 Å². The Bertz CT molecular complexity index is 265. The Balaban J connectivity index is 1.65. The lowest BCUT2D eigenvalue weighted by Gasteiger charge is -2.13. The predicted octanol–water partition coefficient (Wildman–Crippen LogP) is 2.50. The molecule has 2 atom stereocenters. The van der Waals surface area contributed by atoms with E-state index in [-0.39, 0.29) is 0 Å². The smallest absolute Gasteiger partial charge is 0.120 e. The molecule has 3 nitrogen and oxygen atoms in total. The minimum absolute atomic E-state index is 0.293. The van der Waals surface area contributed by atoms with Crippen LogP contribution < -0.4 is 5.32 Å². The molecule has 15 heavy (non-hydrogen) atoms. The minimum Gasteiger partial charge on any atom is -0.468 e. The summed E-state index contributed by atoms with van der Waals surface area (Å²) < 4.78 is 10.9. The summed E-state index contributed by atoms with van der Waals surface area (Å²) in [5.74, 6) is 1.00. The highest BCUT2D eigenvalue weighted by Gasteiger charge is 2.15. The molecular formula is C12H19NO2. The molecule has 0 aliphatic carbocycles. The van der Waals surface area contributed by atoms with Crippen LogP contribution in [0, 0.1) is 0 Å². The zero-order valence-electron chi connectivity index (χ0n) is 9.24. The van der Waals surface area contributed by atoms with E-state index in [4.69, 9.17) is 9.15 Å². The third-order valence-electron chi connectivity index (χ3n) is 2.91. The molecule has 3 heteroatoms. The first-order valence-electron chi connectivity index (χ1n) is 5.74. The van der Waals surface area contributed by atoms with Gasteiger partial charge in [0.15, 0.2) is 0 Å². The maximum atomic E-state index is 5.56. The van der Waals surface area contributed by atoms with Gasteiger partial charge in [-0.15, -0.1) is 0 Å². The van der Waals surface area contributed by atoms with Gasteiger partial charge in [0, 0.05) is 6.61 Å². The summed E-state index contributed by atoms with van der Waals surface area (Å²) in [6.45, 7) is 4.05. The van der Waals surface area contributed by atoms with Gasteiger partial charge in [-0.25, -0.2) is 0 Å². The van der Waals surface area contributed by atoms with Crippen LogP contribution in [0.5, 0.6) is 0 Å². The molecule has 0 bridgehead atoms. The second-order valence-electron chi connectivity index (χ2n) is 4.11. The second kappa shape index (κ2) is 5.33. The van der Waals surface area contributed by atoms with E-state index in [0.717, 1.165) is 25.3 Å². The van der Waals surface area contributed by atoms with Crippen molar-refractivity contribution in [1.82, 2.24) is 5.32 Å². The van der Waals surface area contributed by atoms with E-state index in [0.29, 0.717) is 12.1 Å². The topological polar surface area (TPSA) is 34.4 Å². The van der Waals surface area contributed by atoms with Crippen molar-refractivity contribution in [1.29, 1.82) is 0 Å². The van der Waals surface area contributed by atoms with Crippen molar-refractivity contribution in [3.05, 3.63) is 24.2 Å². The molecule has 1 aliphatic rings. The molecule has 0 aromatic carbocycles. The van der Waals surface area contributed by atoms with Gasteiger partial charge in [0.1, 0.15) is 5.76 Å². The SMILES string of the molecule is CC(NCCC1CCCO1)c1ccco1.